The van der Waals surface area contributed by atoms with Gasteiger partial charge in [0.15, 0.2) is 5.76 Å². The fourth-order valence-corrected chi connectivity index (χ4v) is 2.01. The maximum Gasteiger partial charge on any atom is 0.174 e. The van der Waals surface area contributed by atoms with Gasteiger partial charge in [0.2, 0.25) is 0 Å². The lowest BCUT2D eigenvalue weighted by molar-refractivity contribution is 0.248. The Bertz CT molecular complexity index is 540. The van der Waals surface area contributed by atoms with E-state index in [0.29, 0.717) is 18.9 Å². The summed E-state index contributed by atoms with van der Waals surface area (Å²) >= 11 is 6.06. The summed E-state index contributed by atoms with van der Waals surface area (Å²) in [4.78, 5) is 0. The fraction of sp³-hybridized carbons (Fsp3) is 0.357. The van der Waals surface area contributed by atoms with E-state index < -0.39 is 0 Å². The zero-order valence-electron chi connectivity index (χ0n) is 11.1. The first-order valence-corrected chi connectivity index (χ1v) is 6.61. The minimum atomic E-state index is 0.363. The molecule has 0 bridgehead atoms. The highest BCUT2D eigenvalue weighted by atomic mass is 35.5. The predicted molar refractivity (Wildman–Crippen MR) is 74.4 cm³/mol. The quantitative estimate of drug-likeness (QED) is 0.883. The zero-order valence-corrected chi connectivity index (χ0v) is 11.8. The van der Waals surface area contributed by atoms with Crippen molar-refractivity contribution in [2.75, 3.05) is 7.05 Å². The Labute approximate surface area is 117 Å². The van der Waals surface area contributed by atoms with Crippen molar-refractivity contribution in [1.29, 1.82) is 0 Å². The molecule has 1 aromatic carbocycles. The number of benzene rings is 1. The third-order valence-corrected chi connectivity index (χ3v) is 3.11. The number of halogens is 1. The molecule has 4 nitrogen and oxygen atoms in total. The van der Waals surface area contributed by atoms with E-state index in [4.69, 9.17) is 20.9 Å². The van der Waals surface area contributed by atoms with Gasteiger partial charge < -0.3 is 14.6 Å². The number of nitrogens with zero attached hydrogens (tertiary/aromatic N) is 1. The van der Waals surface area contributed by atoms with Gasteiger partial charge in [-0.15, -0.1) is 0 Å². The van der Waals surface area contributed by atoms with Crippen molar-refractivity contribution in [2.24, 2.45) is 0 Å². The van der Waals surface area contributed by atoms with Crippen molar-refractivity contribution < 1.29 is 9.26 Å². The number of hydrogen-bond acceptors (Lipinski definition) is 4. The molecule has 0 atom stereocenters. The van der Waals surface area contributed by atoms with Gasteiger partial charge in [-0.25, -0.2) is 0 Å². The van der Waals surface area contributed by atoms with Crippen LogP contribution in [0, 0.1) is 0 Å². The Morgan fingerprint density at radius 3 is 2.95 bits per heavy atom. The molecular weight excluding hydrogens is 264 g/mol. The van der Waals surface area contributed by atoms with Crippen LogP contribution in [-0.2, 0) is 19.6 Å². The highest BCUT2D eigenvalue weighted by Gasteiger charge is 2.06. The molecule has 19 heavy (non-hydrogen) atoms. The van der Waals surface area contributed by atoms with E-state index in [1.54, 1.807) is 0 Å². The van der Waals surface area contributed by atoms with E-state index in [0.717, 1.165) is 28.5 Å². The van der Waals surface area contributed by atoms with Gasteiger partial charge in [-0.3, -0.25) is 0 Å². The van der Waals surface area contributed by atoms with Crippen LogP contribution in [0.4, 0.5) is 0 Å². The molecule has 0 saturated carbocycles. The summed E-state index contributed by atoms with van der Waals surface area (Å²) in [6, 6.07) is 7.54. The SMILES string of the molecule is CCc1cc(OCc2cc(CNC)no2)ccc1Cl. The Morgan fingerprint density at radius 2 is 2.21 bits per heavy atom. The van der Waals surface area contributed by atoms with Crippen LogP contribution in [0.3, 0.4) is 0 Å². The highest BCUT2D eigenvalue weighted by molar-refractivity contribution is 6.31. The van der Waals surface area contributed by atoms with Gasteiger partial charge >= 0.3 is 0 Å². The Hall–Kier alpha value is -1.52. The standard InChI is InChI=1S/C14H17ClN2O2/c1-3-10-6-12(4-5-14(10)15)18-9-13-7-11(8-16-2)17-19-13/h4-7,16H,3,8-9H2,1-2H3. The van der Waals surface area contributed by atoms with Crippen LogP contribution in [0.5, 0.6) is 5.75 Å². The largest absolute Gasteiger partial charge is 0.486 e. The monoisotopic (exact) mass is 280 g/mol. The number of rotatable bonds is 6. The molecule has 1 heterocycles. The highest BCUT2D eigenvalue weighted by Crippen LogP contribution is 2.23. The van der Waals surface area contributed by atoms with Crippen LogP contribution >= 0.6 is 11.6 Å². The molecule has 1 N–H and O–H groups in total. The summed E-state index contributed by atoms with van der Waals surface area (Å²) in [5, 5.41) is 7.71. The average molecular weight is 281 g/mol. The van der Waals surface area contributed by atoms with Gasteiger partial charge in [-0.05, 0) is 37.2 Å². The first-order valence-electron chi connectivity index (χ1n) is 6.23. The fourth-order valence-electron chi connectivity index (χ4n) is 1.75. The lowest BCUT2D eigenvalue weighted by atomic mass is 10.1. The third-order valence-electron chi connectivity index (χ3n) is 2.74. The molecule has 0 spiro atoms. The molecule has 102 valence electrons. The molecule has 0 saturated heterocycles. The summed E-state index contributed by atoms with van der Waals surface area (Å²) in [6.45, 7) is 3.11. The van der Waals surface area contributed by atoms with Crippen molar-refractivity contribution in [3.8, 4) is 5.75 Å². The van der Waals surface area contributed by atoms with E-state index >= 15 is 0 Å². The summed E-state index contributed by atoms with van der Waals surface area (Å²) in [5.41, 5.74) is 1.94. The van der Waals surface area contributed by atoms with Gasteiger partial charge in [0.05, 0.1) is 5.69 Å². The first-order chi connectivity index (χ1) is 9.22. The molecule has 1 aromatic heterocycles. The van der Waals surface area contributed by atoms with Gasteiger partial charge in [0.1, 0.15) is 12.4 Å². The number of hydrogen-bond donors (Lipinski definition) is 1. The van der Waals surface area contributed by atoms with Crippen molar-refractivity contribution in [3.05, 3.63) is 46.3 Å². The smallest absolute Gasteiger partial charge is 0.174 e. The van der Waals surface area contributed by atoms with Crippen LogP contribution in [0.25, 0.3) is 0 Å². The molecule has 0 aliphatic rings. The lowest BCUT2D eigenvalue weighted by Crippen LogP contribution is -2.04. The first kappa shape index (κ1) is 13.9. The number of nitrogens with one attached hydrogen (secondary N) is 1. The van der Waals surface area contributed by atoms with Crippen LogP contribution < -0.4 is 10.1 Å². The second kappa shape index (κ2) is 6.59. The summed E-state index contributed by atoms with van der Waals surface area (Å²) in [6.07, 6.45) is 0.880. The van der Waals surface area contributed by atoms with Crippen LogP contribution in [0.2, 0.25) is 5.02 Å². The van der Waals surface area contributed by atoms with Gasteiger partial charge in [-0.2, -0.15) is 0 Å². The summed E-state index contributed by atoms with van der Waals surface area (Å²) in [7, 11) is 1.87. The predicted octanol–water partition coefficient (Wildman–Crippen LogP) is 3.19. The molecular formula is C14H17ClN2O2. The summed E-state index contributed by atoms with van der Waals surface area (Å²) in [5.74, 6) is 1.49. The second-order valence-corrected chi connectivity index (χ2v) is 4.62. The van der Waals surface area contributed by atoms with Crippen LogP contribution in [0.15, 0.2) is 28.8 Å². The minimum absolute atomic E-state index is 0.363. The molecule has 2 rings (SSSR count). The van der Waals surface area contributed by atoms with Gasteiger partial charge in [0.25, 0.3) is 0 Å². The number of aromatic nitrogens is 1. The van der Waals surface area contributed by atoms with Crippen molar-refractivity contribution in [1.82, 2.24) is 10.5 Å². The van der Waals surface area contributed by atoms with E-state index in [1.165, 1.54) is 0 Å². The van der Waals surface area contributed by atoms with Gasteiger partial charge in [-0.1, -0.05) is 23.7 Å². The van der Waals surface area contributed by atoms with Gasteiger partial charge in [0, 0.05) is 17.6 Å². The molecule has 0 radical (unpaired) electrons. The molecule has 5 heteroatoms. The molecule has 0 unspecified atom stereocenters. The van der Waals surface area contributed by atoms with Crippen LogP contribution in [0.1, 0.15) is 23.9 Å². The molecule has 0 amide bonds. The zero-order chi connectivity index (χ0) is 13.7. The topological polar surface area (TPSA) is 47.3 Å². The third kappa shape index (κ3) is 3.72. The van der Waals surface area contributed by atoms with Crippen molar-refractivity contribution in [2.45, 2.75) is 26.5 Å². The van der Waals surface area contributed by atoms with Crippen molar-refractivity contribution in [3.63, 3.8) is 0 Å². The van der Waals surface area contributed by atoms with E-state index in [-0.39, 0.29) is 0 Å². The Kier molecular flexibility index (Phi) is 4.82. The second-order valence-electron chi connectivity index (χ2n) is 4.21. The minimum Gasteiger partial charge on any atom is -0.486 e. The molecule has 0 aliphatic carbocycles. The average Bonchev–Trinajstić information content (AvgIpc) is 2.86. The van der Waals surface area contributed by atoms with E-state index in [9.17, 15) is 0 Å². The number of ether oxygens (including phenoxy) is 1. The maximum absolute atomic E-state index is 6.06. The van der Waals surface area contributed by atoms with Crippen molar-refractivity contribution >= 4 is 11.6 Å². The molecule has 0 fully saturated rings. The Balaban J connectivity index is 1.97. The van der Waals surface area contributed by atoms with E-state index in [1.807, 2.05) is 31.3 Å². The lowest BCUT2D eigenvalue weighted by Gasteiger charge is -2.06. The summed E-state index contributed by atoms with van der Waals surface area (Å²) < 4.78 is 10.8. The normalized spacial score (nSPS) is 10.7. The number of aryl methyl sites for hydroxylation is 1. The Morgan fingerprint density at radius 1 is 1.37 bits per heavy atom. The molecule has 0 aliphatic heterocycles. The van der Waals surface area contributed by atoms with Crippen LogP contribution in [-0.4, -0.2) is 12.2 Å². The van der Waals surface area contributed by atoms with E-state index in [2.05, 4.69) is 17.4 Å². The maximum atomic E-state index is 6.06. The molecule has 2 aromatic rings.